The van der Waals surface area contributed by atoms with Gasteiger partial charge in [0, 0.05) is 0 Å². The lowest BCUT2D eigenvalue weighted by Crippen LogP contribution is -2.12. The minimum Gasteiger partial charge on any atom is -0.106 e. The molecule has 0 spiro atoms. The lowest BCUT2D eigenvalue weighted by Gasteiger charge is -2.24. The zero-order valence-corrected chi connectivity index (χ0v) is 15.9. The molecule has 0 aromatic carbocycles. The lowest BCUT2D eigenvalue weighted by atomic mass is 9.82. The van der Waals surface area contributed by atoms with Gasteiger partial charge in [0.1, 0.15) is 0 Å². The predicted octanol–water partition coefficient (Wildman–Crippen LogP) is 7.58. The number of hydrogen-bond acceptors (Lipinski definition) is 0. The van der Waals surface area contributed by atoms with Gasteiger partial charge >= 0.3 is 0 Å². The standard InChI is InChI=1S/C20H36.C2H4/c1-6-16(2)12-13-17(3)18(4)14-15-19(5)20-10-8-7-9-11-20;1-2/h7-8,10,16-19H,6,9,11-15H2,1-5H3;1-2H2. The molecule has 0 saturated heterocycles. The second-order valence-electron chi connectivity index (χ2n) is 7.23. The predicted molar refractivity (Wildman–Crippen MR) is 103 cm³/mol. The third-order valence-corrected chi connectivity index (χ3v) is 5.52. The first kappa shape index (κ1) is 21.2. The van der Waals surface area contributed by atoms with Gasteiger partial charge in [-0.05, 0) is 49.4 Å². The quantitative estimate of drug-likeness (QED) is 0.385. The van der Waals surface area contributed by atoms with Gasteiger partial charge in [-0.2, -0.15) is 0 Å². The van der Waals surface area contributed by atoms with Crippen LogP contribution < -0.4 is 0 Å². The maximum absolute atomic E-state index is 3.00. The van der Waals surface area contributed by atoms with Gasteiger partial charge in [0.2, 0.25) is 0 Å². The van der Waals surface area contributed by atoms with Gasteiger partial charge in [-0.3, -0.25) is 0 Å². The number of hydrogen-bond donors (Lipinski definition) is 0. The van der Waals surface area contributed by atoms with Gasteiger partial charge in [-0.15, -0.1) is 13.2 Å². The summed E-state index contributed by atoms with van der Waals surface area (Å²) in [6.45, 7) is 18.0. The van der Waals surface area contributed by atoms with Crippen LogP contribution in [0, 0.1) is 23.7 Å². The van der Waals surface area contributed by atoms with E-state index >= 15 is 0 Å². The third kappa shape index (κ3) is 8.61. The zero-order valence-electron chi connectivity index (χ0n) is 15.9. The van der Waals surface area contributed by atoms with Gasteiger partial charge in [-0.25, -0.2) is 0 Å². The molecule has 0 aliphatic heterocycles. The Morgan fingerprint density at radius 2 is 1.55 bits per heavy atom. The Labute approximate surface area is 140 Å². The summed E-state index contributed by atoms with van der Waals surface area (Å²) in [5.41, 5.74) is 1.67. The molecule has 0 saturated carbocycles. The molecule has 4 atom stereocenters. The largest absolute Gasteiger partial charge is 0.106 e. The highest BCUT2D eigenvalue weighted by Gasteiger charge is 2.16. The fraction of sp³-hybridized carbons (Fsp3) is 0.727. The van der Waals surface area contributed by atoms with Crippen LogP contribution in [0.25, 0.3) is 0 Å². The van der Waals surface area contributed by atoms with Crippen molar-refractivity contribution in [2.45, 2.75) is 79.6 Å². The fourth-order valence-corrected chi connectivity index (χ4v) is 3.05. The van der Waals surface area contributed by atoms with E-state index in [9.17, 15) is 0 Å². The fourth-order valence-electron chi connectivity index (χ4n) is 3.05. The first-order chi connectivity index (χ1) is 10.5. The minimum absolute atomic E-state index is 0.782. The molecule has 1 aliphatic rings. The van der Waals surface area contributed by atoms with E-state index in [1.807, 2.05) is 0 Å². The topological polar surface area (TPSA) is 0 Å². The highest BCUT2D eigenvalue weighted by atomic mass is 14.2. The molecule has 0 heteroatoms. The Morgan fingerprint density at radius 1 is 0.955 bits per heavy atom. The summed E-state index contributed by atoms with van der Waals surface area (Å²) in [7, 11) is 0. The molecule has 0 bridgehead atoms. The summed E-state index contributed by atoms with van der Waals surface area (Å²) < 4.78 is 0. The number of allylic oxidation sites excluding steroid dienone is 4. The Bertz CT molecular complexity index is 323. The third-order valence-electron chi connectivity index (χ3n) is 5.52. The smallest absolute Gasteiger partial charge is 0.0228 e. The van der Waals surface area contributed by atoms with Crippen LogP contribution in [0.15, 0.2) is 37.0 Å². The first-order valence-corrected chi connectivity index (χ1v) is 9.40. The first-order valence-electron chi connectivity index (χ1n) is 9.40. The van der Waals surface area contributed by atoms with Gasteiger partial charge in [0.05, 0.1) is 0 Å². The van der Waals surface area contributed by atoms with Crippen molar-refractivity contribution in [3.8, 4) is 0 Å². The van der Waals surface area contributed by atoms with E-state index in [1.54, 1.807) is 5.57 Å². The second-order valence-corrected chi connectivity index (χ2v) is 7.23. The molecule has 0 nitrogen and oxygen atoms in total. The van der Waals surface area contributed by atoms with Crippen LogP contribution >= 0.6 is 0 Å². The van der Waals surface area contributed by atoms with Crippen molar-refractivity contribution in [1.29, 1.82) is 0 Å². The highest BCUT2D eigenvalue weighted by Crippen LogP contribution is 2.29. The SMILES string of the molecule is C=C.CCC(C)CCC(C)C(C)CCC(C)C1=CC=CCC1. The van der Waals surface area contributed by atoms with Gasteiger partial charge in [0.25, 0.3) is 0 Å². The molecule has 4 unspecified atom stereocenters. The molecule has 1 rings (SSSR count). The lowest BCUT2D eigenvalue weighted by molar-refractivity contribution is 0.299. The average molecular weight is 305 g/mol. The summed E-state index contributed by atoms with van der Waals surface area (Å²) in [6, 6.07) is 0. The van der Waals surface area contributed by atoms with E-state index in [0.717, 1.165) is 23.7 Å². The van der Waals surface area contributed by atoms with E-state index in [-0.39, 0.29) is 0 Å². The average Bonchev–Trinajstić information content (AvgIpc) is 2.59. The van der Waals surface area contributed by atoms with Crippen molar-refractivity contribution in [1.82, 2.24) is 0 Å². The molecule has 0 N–H and O–H groups in total. The Kier molecular flexibility index (Phi) is 12.3. The normalized spacial score (nSPS) is 19.4. The number of rotatable bonds is 9. The molecular formula is C22H40. The summed E-state index contributed by atoms with van der Waals surface area (Å²) in [5.74, 6) is 3.45. The maximum Gasteiger partial charge on any atom is -0.0228 e. The van der Waals surface area contributed by atoms with E-state index < -0.39 is 0 Å². The van der Waals surface area contributed by atoms with Crippen molar-refractivity contribution in [3.63, 3.8) is 0 Å². The monoisotopic (exact) mass is 304 g/mol. The van der Waals surface area contributed by atoms with Crippen molar-refractivity contribution in [2.24, 2.45) is 23.7 Å². The summed E-state index contributed by atoms with van der Waals surface area (Å²) in [6.07, 6.45) is 16.3. The van der Waals surface area contributed by atoms with Crippen molar-refractivity contribution in [2.75, 3.05) is 0 Å². The molecule has 0 fully saturated rings. The molecular weight excluding hydrogens is 264 g/mol. The van der Waals surface area contributed by atoms with Gasteiger partial charge in [0.15, 0.2) is 0 Å². The van der Waals surface area contributed by atoms with Crippen molar-refractivity contribution >= 4 is 0 Å². The van der Waals surface area contributed by atoms with Crippen LogP contribution in [0.4, 0.5) is 0 Å². The zero-order chi connectivity index (χ0) is 17.0. The molecule has 0 heterocycles. The molecule has 22 heavy (non-hydrogen) atoms. The Balaban J connectivity index is 0.00000211. The van der Waals surface area contributed by atoms with E-state index in [4.69, 9.17) is 0 Å². The summed E-state index contributed by atoms with van der Waals surface area (Å²) >= 11 is 0. The van der Waals surface area contributed by atoms with Crippen LogP contribution in [0.5, 0.6) is 0 Å². The molecule has 128 valence electrons. The highest BCUT2D eigenvalue weighted by molar-refractivity contribution is 5.19. The minimum atomic E-state index is 0.782. The summed E-state index contributed by atoms with van der Waals surface area (Å²) in [5, 5.41) is 0. The van der Waals surface area contributed by atoms with Crippen LogP contribution in [0.1, 0.15) is 79.6 Å². The van der Waals surface area contributed by atoms with Crippen LogP contribution in [0.2, 0.25) is 0 Å². The van der Waals surface area contributed by atoms with Gasteiger partial charge in [-0.1, -0.05) is 77.7 Å². The molecule has 0 radical (unpaired) electrons. The van der Waals surface area contributed by atoms with Gasteiger partial charge < -0.3 is 0 Å². The van der Waals surface area contributed by atoms with Crippen LogP contribution in [-0.4, -0.2) is 0 Å². The maximum atomic E-state index is 3.00. The molecule has 0 aromatic heterocycles. The summed E-state index contributed by atoms with van der Waals surface area (Å²) in [4.78, 5) is 0. The van der Waals surface area contributed by atoms with Crippen molar-refractivity contribution in [3.05, 3.63) is 37.0 Å². The molecule has 0 amide bonds. The molecule has 1 aliphatic carbocycles. The van der Waals surface area contributed by atoms with Crippen LogP contribution in [0.3, 0.4) is 0 Å². The Morgan fingerprint density at radius 3 is 2.05 bits per heavy atom. The van der Waals surface area contributed by atoms with E-state index in [0.29, 0.717) is 0 Å². The van der Waals surface area contributed by atoms with E-state index in [1.165, 1.54) is 44.9 Å². The molecule has 0 aromatic rings. The van der Waals surface area contributed by atoms with E-state index in [2.05, 4.69) is 66.0 Å². The van der Waals surface area contributed by atoms with Crippen molar-refractivity contribution < 1.29 is 0 Å². The van der Waals surface area contributed by atoms with Crippen LogP contribution in [-0.2, 0) is 0 Å². The Hall–Kier alpha value is -0.780. The second kappa shape index (κ2) is 12.7.